The maximum absolute atomic E-state index is 4.46. The van der Waals surface area contributed by atoms with Gasteiger partial charge in [-0.05, 0) is 40.0 Å². The highest BCUT2D eigenvalue weighted by Gasteiger charge is 2.31. The van der Waals surface area contributed by atoms with E-state index in [4.69, 9.17) is 0 Å². The predicted molar refractivity (Wildman–Crippen MR) is 66.8 cm³/mol. The van der Waals surface area contributed by atoms with E-state index in [-0.39, 0.29) is 5.54 Å². The summed E-state index contributed by atoms with van der Waals surface area (Å²) in [7, 11) is 0. The van der Waals surface area contributed by atoms with Crippen LogP contribution in [0.1, 0.15) is 38.8 Å². The fourth-order valence-corrected chi connectivity index (χ4v) is 2.01. The van der Waals surface area contributed by atoms with Gasteiger partial charge in [0.25, 0.3) is 0 Å². The number of aryl methyl sites for hydroxylation is 1. The van der Waals surface area contributed by atoms with E-state index in [2.05, 4.69) is 27.5 Å². The van der Waals surface area contributed by atoms with Gasteiger partial charge in [-0.3, -0.25) is 0 Å². The number of aromatic nitrogens is 2. The minimum absolute atomic E-state index is 0.240. The second-order valence-corrected chi connectivity index (χ2v) is 4.79. The van der Waals surface area contributed by atoms with Crippen LogP contribution in [0.25, 0.3) is 0 Å². The fraction of sp³-hybridized carbons (Fsp3) is 0.667. The Labute approximate surface area is 96.9 Å². The van der Waals surface area contributed by atoms with Gasteiger partial charge in [0.15, 0.2) is 0 Å². The van der Waals surface area contributed by atoms with E-state index in [0.29, 0.717) is 5.95 Å². The fourth-order valence-electron chi connectivity index (χ4n) is 2.01. The van der Waals surface area contributed by atoms with Crippen LogP contribution in [0, 0.1) is 6.92 Å². The first-order valence-electron chi connectivity index (χ1n) is 5.99. The Balaban J connectivity index is 2.13. The van der Waals surface area contributed by atoms with E-state index in [0.717, 1.165) is 18.1 Å². The molecule has 0 unspecified atom stereocenters. The Kier molecular flexibility index (Phi) is 2.99. The summed E-state index contributed by atoms with van der Waals surface area (Å²) in [5.74, 6) is 1.65. The lowest BCUT2D eigenvalue weighted by molar-refractivity contribution is 0.306. The maximum atomic E-state index is 4.46. The number of anilines is 2. The van der Waals surface area contributed by atoms with Crippen LogP contribution < -0.4 is 10.6 Å². The van der Waals surface area contributed by atoms with E-state index in [1.54, 1.807) is 0 Å². The van der Waals surface area contributed by atoms with Gasteiger partial charge in [0.1, 0.15) is 5.82 Å². The molecule has 16 heavy (non-hydrogen) atoms. The van der Waals surface area contributed by atoms with Crippen LogP contribution in [0.4, 0.5) is 11.8 Å². The monoisotopic (exact) mass is 220 g/mol. The Bertz CT molecular complexity index is 371. The normalized spacial score (nSPS) is 17.7. The summed E-state index contributed by atoms with van der Waals surface area (Å²) in [6.45, 7) is 7.14. The number of nitrogens with zero attached hydrogens (tertiary/aromatic N) is 2. The first-order chi connectivity index (χ1) is 7.61. The first kappa shape index (κ1) is 11.2. The van der Waals surface area contributed by atoms with Gasteiger partial charge < -0.3 is 10.6 Å². The van der Waals surface area contributed by atoms with Crippen molar-refractivity contribution in [3.8, 4) is 0 Å². The standard InChI is InChI=1S/C12H20N4/c1-4-13-11-14-9(2)8-10(15-11)16-12(3)6-5-7-12/h8H,4-7H2,1-3H3,(H2,13,14,15,16). The van der Waals surface area contributed by atoms with Gasteiger partial charge in [0.2, 0.25) is 5.95 Å². The molecule has 1 heterocycles. The molecule has 1 saturated carbocycles. The van der Waals surface area contributed by atoms with E-state index in [1.165, 1.54) is 19.3 Å². The highest BCUT2D eigenvalue weighted by atomic mass is 15.2. The van der Waals surface area contributed by atoms with Crippen molar-refractivity contribution in [2.45, 2.75) is 45.6 Å². The smallest absolute Gasteiger partial charge is 0.224 e. The van der Waals surface area contributed by atoms with Crippen LogP contribution in [0.2, 0.25) is 0 Å². The summed E-state index contributed by atoms with van der Waals surface area (Å²) < 4.78 is 0. The van der Waals surface area contributed by atoms with Crippen LogP contribution in [0.3, 0.4) is 0 Å². The molecule has 1 aliphatic carbocycles. The van der Waals surface area contributed by atoms with Gasteiger partial charge in [-0.25, -0.2) is 4.98 Å². The van der Waals surface area contributed by atoms with Crippen LogP contribution in [0.15, 0.2) is 6.07 Å². The Morgan fingerprint density at radius 3 is 2.69 bits per heavy atom. The third-order valence-electron chi connectivity index (χ3n) is 3.08. The molecule has 0 radical (unpaired) electrons. The summed E-state index contributed by atoms with van der Waals surface area (Å²) >= 11 is 0. The molecule has 0 bridgehead atoms. The van der Waals surface area contributed by atoms with Crippen molar-refractivity contribution in [3.05, 3.63) is 11.8 Å². The maximum Gasteiger partial charge on any atom is 0.224 e. The van der Waals surface area contributed by atoms with Crippen molar-refractivity contribution < 1.29 is 0 Å². The summed E-state index contributed by atoms with van der Waals surface area (Å²) in [6.07, 6.45) is 3.77. The van der Waals surface area contributed by atoms with Gasteiger partial charge in [0, 0.05) is 23.8 Å². The number of hydrogen-bond acceptors (Lipinski definition) is 4. The zero-order valence-electron chi connectivity index (χ0n) is 10.3. The third kappa shape index (κ3) is 2.43. The van der Waals surface area contributed by atoms with Crippen molar-refractivity contribution in [1.82, 2.24) is 9.97 Å². The number of hydrogen-bond donors (Lipinski definition) is 2. The van der Waals surface area contributed by atoms with E-state index >= 15 is 0 Å². The Morgan fingerprint density at radius 1 is 1.38 bits per heavy atom. The number of rotatable bonds is 4. The summed E-state index contributed by atoms with van der Waals surface area (Å²) in [5.41, 5.74) is 1.24. The molecule has 4 heteroatoms. The van der Waals surface area contributed by atoms with Crippen molar-refractivity contribution in [3.63, 3.8) is 0 Å². The average molecular weight is 220 g/mol. The molecule has 1 fully saturated rings. The molecule has 0 atom stereocenters. The third-order valence-corrected chi connectivity index (χ3v) is 3.08. The molecule has 0 aromatic carbocycles. The predicted octanol–water partition coefficient (Wildman–Crippen LogP) is 2.57. The van der Waals surface area contributed by atoms with Gasteiger partial charge in [-0.15, -0.1) is 0 Å². The molecule has 0 spiro atoms. The molecule has 4 nitrogen and oxygen atoms in total. The molecule has 2 rings (SSSR count). The zero-order valence-corrected chi connectivity index (χ0v) is 10.3. The lowest BCUT2D eigenvalue weighted by Gasteiger charge is -2.39. The molecule has 0 saturated heterocycles. The minimum atomic E-state index is 0.240. The average Bonchev–Trinajstić information content (AvgIpc) is 2.14. The molecule has 1 aliphatic rings. The molecular weight excluding hydrogens is 200 g/mol. The molecule has 1 aromatic heterocycles. The number of nitrogens with one attached hydrogen (secondary N) is 2. The van der Waals surface area contributed by atoms with Crippen LogP contribution in [-0.2, 0) is 0 Å². The second-order valence-electron chi connectivity index (χ2n) is 4.79. The van der Waals surface area contributed by atoms with Crippen LogP contribution in [-0.4, -0.2) is 22.1 Å². The highest BCUT2D eigenvalue weighted by Crippen LogP contribution is 2.34. The van der Waals surface area contributed by atoms with Crippen molar-refractivity contribution in [2.24, 2.45) is 0 Å². The molecule has 0 aliphatic heterocycles. The lowest BCUT2D eigenvalue weighted by atomic mass is 9.78. The minimum Gasteiger partial charge on any atom is -0.365 e. The van der Waals surface area contributed by atoms with Crippen LogP contribution >= 0.6 is 0 Å². The molecule has 0 amide bonds. The van der Waals surface area contributed by atoms with E-state index in [9.17, 15) is 0 Å². The van der Waals surface area contributed by atoms with Gasteiger partial charge in [0.05, 0.1) is 0 Å². The topological polar surface area (TPSA) is 49.8 Å². The molecule has 1 aromatic rings. The van der Waals surface area contributed by atoms with Gasteiger partial charge in [-0.2, -0.15) is 4.98 Å². The van der Waals surface area contributed by atoms with Crippen LogP contribution in [0.5, 0.6) is 0 Å². The lowest BCUT2D eigenvalue weighted by Crippen LogP contribution is -2.41. The quantitative estimate of drug-likeness (QED) is 0.818. The van der Waals surface area contributed by atoms with E-state index in [1.807, 2.05) is 19.9 Å². The van der Waals surface area contributed by atoms with Gasteiger partial charge in [-0.1, -0.05) is 0 Å². The zero-order chi connectivity index (χ0) is 11.6. The molecule has 2 N–H and O–H groups in total. The molecular formula is C12H20N4. The van der Waals surface area contributed by atoms with Crippen molar-refractivity contribution in [2.75, 3.05) is 17.2 Å². The van der Waals surface area contributed by atoms with E-state index < -0.39 is 0 Å². The van der Waals surface area contributed by atoms with Crippen molar-refractivity contribution in [1.29, 1.82) is 0 Å². The Hall–Kier alpha value is -1.32. The summed E-state index contributed by atoms with van der Waals surface area (Å²) in [5, 5.41) is 6.65. The summed E-state index contributed by atoms with van der Waals surface area (Å²) in [4.78, 5) is 8.79. The largest absolute Gasteiger partial charge is 0.365 e. The Morgan fingerprint density at radius 2 is 2.12 bits per heavy atom. The highest BCUT2D eigenvalue weighted by molar-refractivity contribution is 5.44. The van der Waals surface area contributed by atoms with Gasteiger partial charge >= 0.3 is 0 Å². The second kappa shape index (κ2) is 4.28. The summed E-state index contributed by atoms with van der Waals surface area (Å²) in [6, 6.07) is 2.00. The first-order valence-corrected chi connectivity index (χ1v) is 5.99. The molecule has 88 valence electrons. The van der Waals surface area contributed by atoms with Crippen molar-refractivity contribution >= 4 is 11.8 Å². The SMILES string of the molecule is CCNc1nc(C)cc(NC2(C)CCC2)n1.